The van der Waals surface area contributed by atoms with Gasteiger partial charge >= 0.3 is 0 Å². The molecule has 1 aromatic heterocycles. The van der Waals surface area contributed by atoms with Gasteiger partial charge in [-0.1, -0.05) is 0 Å². The SMILES string of the molecule is CCS(=O)(=O)N(C)C(c1cncc(Br)c1)C1CC1. The summed E-state index contributed by atoms with van der Waals surface area (Å²) in [5.74, 6) is 0.557. The summed E-state index contributed by atoms with van der Waals surface area (Å²) >= 11 is 3.39. The molecule has 4 nitrogen and oxygen atoms in total. The first-order valence-electron chi connectivity index (χ1n) is 6.02. The fourth-order valence-electron chi connectivity index (χ4n) is 2.16. The second-order valence-corrected chi connectivity index (χ2v) is 7.87. The van der Waals surface area contributed by atoms with Crippen LogP contribution in [0.2, 0.25) is 0 Å². The van der Waals surface area contributed by atoms with Gasteiger partial charge in [0.1, 0.15) is 0 Å². The van der Waals surface area contributed by atoms with Gasteiger partial charge in [-0.15, -0.1) is 0 Å². The van der Waals surface area contributed by atoms with Crippen LogP contribution in [0.15, 0.2) is 22.9 Å². The molecule has 6 heteroatoms. The monoisotopic (exact) mass is 332 g/mol. The molecule has 1 atom stereocenters. The fraction of sp³-hybridized carbons (Fsp3) is 0.583. The Balaban J connectivity index is 2.35. The van der Waals surface area contributed by atoms with Crippen molar-refractivity contribution in [2.24, 2.45) is 5.92 Å². The lowest BCUT2D eigenvalue weighted by Crippen LogP contribution is -2.33. The van der Waals surface area contributed by atoms with Crippen LogP contribution in [0, 0.1) is 5.92 Å². The van der Waals surface area contributed by atoms with Crippen LogP contribution in [0.5, 0.6) is 0 Å². The van der Waals surface area contributed by atoms with Crippen molar-refractivity contribution in [3.8, 4) is 0 Å². The van der Waals surface area contributed by atoms with Crippen LogP contribution in [-0.4, -0.2) is 30.5 Å². The van der Waals surface area contributed by atoms with Crippen LogP contribution in [0.4, 0.5) is 0 Å². The van der Waals surface area contributed by atoms with Crippen LogP contribution in [0.3, 0.4) is 0 Å². The minimum Gasteiger partial charge on any atom is -0.263 e. The van der Waals surface area contributed by atoms with Gasteiger partial charge in [0.2, 0.25) is 10.0 Å². The van der Waals surface area contributed by atoms with Gasteiger partial charge in [-0.3, -0.25) is 4.98 Å². The molecule has 1 unspecified atom stereocenters. The molecule has 0 amide bonds. The average molecular weight is 333 g/mol. The zero-order valence-electron chi connectivity index (χ0n) is 10.5. The summed E-state index contributed by atoms with van der Waals surface area (Å²) in [4.78, 5) is 4.14. The number of pyridine rings is 1. The van der Waals surface area contributed by atoms with E-state index in [9.17, 15) is 8.42 Å². The van der Waals surface area contributed by atoms with Crippen molar-refractivity contribution in [2.75, 3.05) is 12.8 Å². The van der Waals surface area contributed by atoms with Gasteiger partial charge in [-0.2, -0.15) is 4.31 Å². The summed E-state index contributed by atoms with van der Waals surface area (Å²) in [5, 5.41) is 0. The highest BCUT2D eigenvalue weighted by molar-refractivity contribution is 9.10. The van der Waals surface area contributed by atoms with Gasteiger partial charge in [-0.05, 0) is 53.2 Å². The third-order valence-electron chi connectivity index (χ3n) is 3.33. The van der Waals surface area contributed by atoms with E-state index in [1.54, 1.807) is 26.4 Å². The molecule has 1 heterocycles. The molecule has 0 aliphatic heterocycles. The molecule has 1 fully saturated rings. The summed E-state index contributed by atoms with van der Waals surface area (Å²) in [6, 6.07) is 1.87. The van der Waals surface area contributed by atoms with E-state index in [1.165, 1.54) is 4.31 Å². The fourth-order valence-corrected chi connectivity index (χ4v) is 3.59. The Kier molecular flexibility index (Phi) is 4.08. The first-order chi connectivity index (χ1) is 8.45. The lowest BCUT2D eigenvalue weighted by atomic mass is 10.1. The lowest BCUT2D eigenvalue weighted by Gasteiger charge is -2.27. The molecule has 1 aliphatic carbocycles. The molecule has 1 aliphatic rings. The number of nitrogens with zero attached hydrogens (tertiary/aromatic N) is 2. The second kappa shape index (κ2) is 5.27. The number of halogens is 1. The van der Waals surface area contributed by atoms with Crippen LogP contribution in [0.1, 0.15) is 31.4 Å². The van der Waals surface area contributed by atoms with Crippen molar-refractivity contribution in [2.45, 2.75) is 25.8 Å². The summed E-state index contributed by atoms with van der Waals surface area (Å²) < 4.78 is 26.4. The van der Waals surface area contributed by atoms with Gasteiger partial charge in [0.05, 0.1) is 11.8 Å². The van der Waals surface area contributed by atoms with Crippen LogP contribution in [-0.2, 0) is 10.0 Å². The standard InChI is InChI=1S/C12H17BrN2O2S/c1-3-18(16,17)15(2)12(9-4-5-9)10-6-11(13)8-14-7-10/h6-9,12H,3-5H2,1-2H3. The predicted molar refractivity (Wildman–Crippen MR) is 74.6 cm³/mol. The Morgan fingerprint density at radius 1 is 1.50 bits per heavy atom. The van der Waals surface area contributed by atoms with Crippen molar-refractivity contribution in [3.05, 3.63) is 28.5 Å². The zero-order valence-corrected chi connectivity index (χ0v) is 12.9. The summed E-state index contributed by atoms with van der Waals surface area (Å²) in [6.45, 7) is 1.68. The van der Waals surface area contributed by atoms with E-state index in [1.807, 2.05) is 6.07 Å². The van der Waals surface area contributed by atoms with E-state index < -0.39 is 10.0 Å². The van der Waals surface area contributed by atoms with Gasteiger partial charge in [0, 0.05) is 23.9 Å². The number of hydrogen-bond donors (Lipinski definition) is 0. The Morgan fingerprint density at radius 3 is 2.67 bits per heavy atom. The maximum Gasteiger partial charge on any atom is 0.214 e. The van der Waals surface area contributed by atoms with Crippen LogP contribution >= 0.6 is 15.9 Å². The first-order valence-corrected chi connectivity index (χ1v) is 8.42. The van der Waals surface area contributed by atoms with Crippen molar-refractivity contribution in [1.82, 2.24) is 9.29 Å². The maximum atomic E-state index is 12.0. The molecule has 0 saturated heterocycles. The normalized spacial score (nSPS) is 18.0. The molecule has 100 valence electrons. The van der Waals surface area contributed by atoms with E-state index in [2.05, 4.69) is 20.9 Å². The highest BCUT2D eigenvalue weighted by Crippen LogP contribution is 2.45. The van der Waals surface area contributed by atoms with E-state index >= 15 is 0 Å². The molecule has 18 heavy (non-hydrogen) atoms. The zero-order chi connectivity index (χ0) is 13.3. The molecular weight excluding hydrogens is 316 g/mol. The average Bonchev–Trinajstić information content (AvgIpc) is 3.14. The van der Waals surface area contributed by atoms with Gasteiger partial charge in [-0.25, -0.2) is 8.42 Å². The van der Waals surface area contributed by atoms with Gasteiger partial charge in [0.25, 0.3) is 0 Å². The molecule has 0 spiro atoms. The maximum absolute atomic E-state index is 12.0. The lowest BCUT2D eigenvalue weighted by molar-refractivity contribution is 0.342. The Morgan fingerprint density at radius 2 is 2.17 bits per heavy atom. The molecule has 1 saturated carbocycles. The van der Waals surface area contributed by atoms with Gasteiger partial charge in [0.15, 0.2) is 0 Å². The first kappa shape index (κ1) is 14.0. The molecule has 0 aromatic carbocycles. The predicted octanol–water partition coefficient (Wildman–Crippen LogP) is 2.58. The van der Waals surface area contributed by atoms with Crippen molar-refractivity contribution < 1.29 is 8.42 Å². The molecule has 0 N–H and O–H groups in total. The Hall–Kier alpha value is -0.460. The number of aromatic nitrogens is 1. The highest BCUT2D eigenvalue weighted by atomic mass is 79.9. The second-order valence-electron chi connectivity index (χ2n) is 4.64. The highest BCUT2D eigenvalue weighted by Gasteiger charge is 2.39. The largest absolute Gasteiger partial charge is 0.263 e. The Bertz CT molecular complexity index is 529. The third kappa shape index (κ3) is 2.92. The van der Waals surface area contributed by atoms with E-state index in [0.717, 1.165) is 22.9 Å². The Labute approximate surface area is 117 Å². The van der Waals surface area contributed by atoms with E-state index in [4.69, 9.17) is 0 Å². The number of rotatable bonds is 5. The minimum atomic E-state index is -3.17. The summed E-state index contributed by atoms with van der Waals surface area (Å²) in [5.41, 5.74) is 0.964. The smallest absolute Gasteiger partial charge is 0.214 e. The summed E-state index contributed by atoms with van der Waals surface area (Å²) in [6.07, 6.45) is 5.64. The molecule has 1 aromatic rings. The van der Waals surface area contributed by atoms with Crippen molar-refractivity contribution >= 4 is 26.0 Å². The van der Waals surface area contributed by atoms with Gasteiger partial charge < -0.3 is 0 Å². The summed E-state index contributed by atoms with van der Waals surface area (Å²) in [7, 11) is -1.50. The molecule has 0 bridgehead atoms. The third-order valence-corrected chi connectivity index (χ3v) is 5.60. The molecule has 0 radical (unpaired) electrons. The van der Waals surface area contributed by atoms with Crippen molar-refractivity contribution in [3.63, 3.8) is 0 Å². The van der Waals surface area contributed by atoms with Crippen LogP contribution in [0.25, 0.3) is 0 Å². The topological polar surface area (TPSA) is 50.3 Å². The number of hydrogen-bond acceptors (Lipinski definition) is 3. The molecule has 2 rings (SSSR count). The van der Waals surface area contributed by atoms with Crippen molar-refractivity contribution in [1.29, 1.82) is 0 Å². The number of sulfonamides is 1. The quantitative estimate of drug-likeness (QED) is 0.832. The molecular formula is C12H17BrN2O2S. The van der Waals surface area contributed by atoms with E-state index in [0.29, 0.717) is 5.92 Å². The minimum absolute atomic E-state index is 0.0834. The van der Waals surface area contributed by atoms with Crippen LogP contribution < -0.4 is 0 Å². The van der Waals surface area contributed by atoms with E-state index in [-0.39, 0.29) is 11.8 Å².